The molecule has 5 atom stereocenters. The number of nitrogens with zero attached hydrogens (tertiary/aromatic N) is 5. The maximum absolute atomic E-state index is 12.0. The number of nitrogen functional groups attached to an aromatic ring is 1. The third kappa shape index (κ3) is 8.35. The van der Waals surface area contributed by atoms with E-state index in [1.54, 1.807) is 0 Å². The molecule has 0 saturated carbocycles. The Labute approximate surface area is 250 Å². The molecule has 1 aliphatic heterocycles. The van der Waals surface area contributed by atoms with Gasteiger partial charge in [0.15, 0.2) is 35.8 Å². The topological polar surface area (TPSA) is 215 Å². The monoisotopic (exact) mass is 616 g/mol. The fourth-order valence-electron chi connectivity index (χ4n) is 4.40. The van der Waals surface area contributed by atoms with E-state index in [1.807, 2.05) is 30.3 Å². The van der Waals surface area contributed by atoms with Crippen LogP contribution in [0.2, 0.25) is 0 Å². The van der Waals surface area contributed by atoms with Crippen LogP contribution in [-0.2, 0) is 60.8 Å². The first-order valence-electron chi connectivity index (χ1n) is 13.5. The second-order valence-electron chi connectivity index (χ2n) is 9.58. The minimum absolute atomic E-state index is 0.0535. The molecule has 17 heteroatoms. The normalized spacial score (nSPS) is 21.3. The fourth-order valence-corrected chi connectivity index (χ4v) is 4.40. The Bertz CT molecular complexity index is 1480. The Balaban J connectivity index is 1.53. The van der Waals surface area contributed by atoms with Gasteiger partial charge in [0.05, 0.1) is 13.2 Å². The Morgan fingerprint density at radius 2 is 1.55 bits per heavy atom. The molecule has 1 fully saturated rings. The van der Waals surface area contributed by atoms with E-state index in [0.717, 1.165) is 26.3 Å². The summed E-state index contributed by atoms with van der Waals surface area (Å²) in [4.78, 5) is 55.8. The number of carbonyl (C=O) groups is 4. The number of rotatable bonds is 12. The van der Waals surface area contributed by atoms with Gasteiger partial charge in [0.1, 0.15) is 19.3 Å². The van der Waals surface area contributed by atoms with Crippen LogP contribution in [0.4, 0.5) is 5.95 Å². The zero-order chi connectivity index (χ0) is 31.8. The molecule has 1 aliphatic rings. The summed E-state index contributed by atoms with van der Waals surface area (Å²) in [6.45, 7) is 4.35. The summed E-state index contributed by atoms with van der Waals surface area (Å²) in [5.74, 6) is -2.80. The molecule has 4 rings (SSSR count). The second kappa shape index (κ2) is 14.5. The maximum atomic E-state index is 12.0. The highest BCUT2D eigenvalue weighted by Crippen LogP contribution is 2.30. The van der Waals surface area contributed by atoms with E-state index in [0.29, 0.717) is 0 Å². The molecule has 2 N–H and O–H groups in total. The first-order valence-corrected chi connectivity index (χ1v) is 13.5. The molecule has 3 heterocycles. The highest BCUT2D eigenvalue weighted by atomic mass is 16.7. The molecule has 0 unspecified atom stereocenters. The van der Waals surface area contributed by atoms with Gasteiger partial charge in [-0.2, -0.15) is 9.97 Å². The molecular weight excluding hydrogens is 584 g/mol. The van der Waals surface area contributed by atoms with E-state index in [4.69, 9.17) is 38.9 Å². The van der Waals surface area contributed by atoms with Gasteiger partial charge in [0.25, 0.3) is 0 Å². The lowest BCUT2D eigenvalue weighted by atomic mass is 9.98. The standard InChI is InChI=1S/C27H32N6O11/c1-14(34)39-13-19-21(41-15(2)35)22(42-16(3)36)23(43-17(4)37)26(44-19)38-11-10-33-24-20(31-32-33)25(30-27(28)29-24)40-12-18-8-6-5-7-9-18/h5-9,19,21-23,26H,10-13H2,1-4H3,(H2,28,29,30)/t19-,21-,22+,23-,26-/m1/s1. The van der Waals surface area contributed by atoms with E-state index in [1.165, 1.54) is 11.6 Å². The highest BCUT2D eigenvalue weighted by molar-refractivity contribution is 5.76. The Hall–Kier alpha value is -4.90. The zero-order valence-electron chi connectivity index (χ0n) is 24.4. The molecule has 1 aromatic carbocycles. The van der Waals surface area contributed by atoms with Crippen LogP contribution in [0.15, 0.2) is 30.3 Å². The lowest BCUT2D eigenvalue weighted by Gasteiger charge is -2.44. The smallest absolute Gasteiger partial charge is 0.303 e. The van der Waals surface area contributed by atoms with Gasteiger partial charge in [0.2, 0.25) is 11.8 Å². The number of esters is 4. The van der Waals surface area contributed by atoms with Gasteiger partial charge < -0.3 is 38.9 Å². The number of nitrogens with two attached hydrogens (primary N) is 1. The van der Waals surface area contributed by atoms with E-state index >= 15 is 0 Å². The van der Waals surface area contributed by atoms with Crippen molar-refractivity contribution in [3.63, 3.8) is 0 Å². The number of benzene rings is 1. The zero-order valence-corrected chi connectivity index (χ0v) is 24.4. The molecule has 3 aromatic rings. The van der Waals surface area contributed by atoms with Gasteiger partial charge in [-0.15, -0.1) is 5.10 Å². The van der Waals surface area contributed by atoms with Crippen LogP contribution < -0.4 is 10.5 Å². The Kier molecular flexibility index (Phi) is 10.6. The molecule has 17 nitrogen and oxygen atoms in total. The number of fused-ring (bicyclic) bond motifs is 1. The van der Waals surface area contributed by atoms with Gasteiger partial charge in [0, 0.05) is 27.7 Å². The number of aromatic nitrogens is 5. The molecule has 0 amide bonds. The molecule has 0 radical (unpaired) electrons. The number of anilines is 1. The lowest BCUT2D eigenvalue weighted by molar-refractivity contribution is -0.308. The third-order valence-electron chi connectivity index (χ3n) is 6.10. The number of hydrogen-bond acceptors (Lipinski definition) is 16. The second-order valence-corrected chi connectivity index (χ2v) is 9.58. The van der Waals surface area contributed by atoms with Gasteiger partial charge in [-0.25, -0.2) is 4.68 Å². The third-order valence-corrected chi connectivity index (χ3v) is 6.10. The van der Waals surface area contributed by atoms with Crippen LogP contribution in [0, 0.1) is 0 Å². The van der Waals surface area contributed by atoms with Crippen molar-refractivity contribution in [3.8, 4) is 5.88 Å². The van der Waals surface area contributed by atoms with Gasteiger partial charge in [-0.05, 0) is 5.56 Å². The quantitative estimate of drug-likeness (QED) is 0.216. The van der Waals surface area contributed by atoms with E-state index in [2.05, 4.69) is 20.3 Å². The summed E-state index contributed by atoms with van der Waals surface area (Å²) < 4.78 is 40.3. The SMILES string of the molecule is CC(=O)OC[C@H]1O[C@@H](OCCn2nnc3c(OCc4ccccc4)nc(N)nc32)[C@H](OC(C)=O)[C@@H](OC(C)=O)[C@@H]1OC(C)=O. The first-order chi connectivity index (χ1) is 21.0. The summed E-state index contributed by atoms with van der Waals surface area (Å²) in [5.41, 5.74) is 7.36. The molecule has 0 spiro atoms. The molecule has 236 valence electrons. The molecular formula is C27H32N6O11. The number of hydrogen-bond donors (Lipinski definition) is 1. The summed E-state index contributed by atoms with van der Waals surface area (Å²) in [7, 11) is 0. The lowest BCUT2D eigenvalue weighted by Crippen LogP contribution is -2.63. The predicted octanol–water partition coefficient (Wildman–Crippen LogP) is 0.482. The average Bonchev–Trinajstić information content (AvgIpc) is 3.36. The number of ether oxygens (including phenoxy) is 7. The minimum Gasteiger partial charge on any atom is -0.471 e. The van der Waals surface area contributed by atoms with Gasteiger partial charge in [-0.3, -0.25) is 19.2 Å². The van der Waals surface area contributed by atoms with Gasteiger partial charge in [-0.1, -0.05) is 35.5 Å². The van der Waals surface area contributed by atoms with Crippen molar-refractivity contribution >= 4 is 41.0 Å². The molecule has 2 aromatic heterocycles. The van der Waals surface area contributed by atoms with Crippen molar-refractivity contribution in [1.82, 2.24) is 25.0 Å². The van der Waals surface area contributed by atoms with E-state index < -0.39 is 54.6 Å². The van der Waals surface area contributed by atoms with Crippen molar-refractivity contribution < 1.29 is 52.3 Å². The van der Waals surface area contributed by atoms with Crippen LogP contribution in [-0.4, -0.2) is 92.8 Å². The van der Waals surface area contributed by atoms with Crippen LogP contribution in [0.25, 0.3) is 11.2 Å². The number of carbonyl (C=O) groups excluding carboxylic acids is 4. The summed E-state index contributed by atoms with van der Waals surface area (Å²) >= 11 is 0. The van der Waals surface area contributed by atoms with Gasteiger partial charge >= 0.3 is 23.9 Å². The molecule has 0 aliphatic carbocycles. The average molecular weight is 617 g/mol. The molecule has 44 heavy (non-hydrogen) atoms. The van der Waals surface area contributed by atoms with Crippen LogP contribution >= 0.6 is 0 Å². The minimum atomic E-state index is -1.36. The Morgan fingerprint density at radius 1 is 0.886 bits per heavy atom. The van der Waals surface area contributed by atoms with E-state index in [-0.39, 0.29) is 49.4 Å². The van der Waals surface area contributed by atoms with Crippen LogP contribution in [0.1, 0.15) is 33.3 Å². The van der Waals surface area contributed by atoms with Crippen molar-refractivity contribution in [2.75, 3.05) is 18.9 Å². The van der Waals surface area contributed by atoms with Crippen molar-refractivity contribution in [1.29, 1.82) is 0 Å². The first kappa shape index (κ1) is 32.0. The van der Waals surface area contributed by atoms with E-state index in [9.17, 15) is 19.2 Å². The van der Waals surface area contributed by atoms with Crippen LogP contribution in [0.3, 0.4) is 0 Å². The highest BCUT2D eigenvalue weighted by Gasteiger charge is 2.52. The Morgan fingerprint density at radius 3 is 2.20 bits per heavy atom. The van der Waals surface area contributed by atoms with Crippen molar-refractivity contribution in [2.24, 2.45) is 0 Å². The predicted molar refractivity (Wildman–Crippen MR) is 146 cm³/mol. The molecule has 1 saturated heterocycles. The van der Waals surface area contributed by atoms with Crippen molar-refractivity contribution in [3.05, 3.63) is 35.9 Å². The largest absolute Gasteiger partial charge is 0.471 e. The fraction of sp³-hybridized carbons (Fsp3) is 0.481. The maximum Gasteiger partial charge on any atom is 0.303 e. The van der Waals surface area contributed by atoms with Crippen molar-refractivity contribution in [2.45, 2.75) is 71.6 Å². The summed E-state index contributed by atoms with van der Waals surface area (Å²) in [6, 6.07) is 9.43. The summed E-state index contributed by atoms with van der Waals surface area (Å²) in [6.07, 6.45) is -6.52. The van der Waals surface area contributed by atoms with Crippen LogP contribution in [0.5, 0.6) is 5.88 Å². The summed E-state index contributed by atoms with van der Waals surface area (Å²) in [5, 5.41) is 8.23. The molecule has 0 bridgehead atoms.